The Labute approximate surface area is 114 Å². The molecule has 0 spiro atoms. The van der Waals surface area contributed by atoms with E-state index in [4.69, 9.17) is 4.74 Å². The average molecular weight is 311 g/mol. The number of aryl methyl sites for hydroxylation is 1. The monoisotopic (exact) mass is 310 g/mol. The van der Waals surface area contributed by atoms with Crippen LogP contribution in [0, 0.1) is 0 Å². The normalized spacial score (nSPS) is 12.4. The van der Waals surface area contributed by atoms with Gasteiger partial charge in [-0.1, -0.05) is 17.3 Å². The maximum Gasteiger partial charge on any atom is 0.153 e. The van der Waals surface area contributed by atoms with Gasteiger partial charge in [0.1, 0.15) is 5.75 Å². The number of rotatable bonds is 4. The van der Waals surface area contributed by atoms with Crippen molar-refractivity contribution in [1.29, 1.82) is 0 Å². The first kappa shape index (κ1) is 13.0. The van der Waals surface area contributed by atoms with Crippen molar-refractivity contribution in [2.24, 2.45) is 7.05 Å². The highest BCUT2D eigenvalue weighted by Gasteiger charge is 2.20. The summed E-state index contributed by atoms with van der Waals surface area (Å²) in [7, 11) is 5.44. The molecule has 1 atom stereocenters. The second-order valence-corrected chi connectivity index (χ2v) is 4.64. The molecule has 0 aliphatic carbocycles. The van der Waals surface area contributed by atoms with E-state index in [1.54, 1.807) is 11.8 Å². The van der Waals surface area contributed by atoms with Gasteiger partial charge in [0.05, 0.1) is 18.8 Å². The van der Waals surface area contributed by atoms with Crippen LogP contribution < -0.4 is 10.1 Å². The summed E-state index contributed by atoms with van der Waals surface area (Å²) in [5.74, 6) is 0.832. The molecule has 0 fully saturated rings. The summed E-state index contributed by atoms with van der Waals surface area (Å²) in [5, 5.41) is 11.3. The first-order valence-corrected chi connectivity index (χ1v) is 6.33. The number of hydrogen-bond donors (Lipinski definition) is 1. The van der Waals surface area contributed by atoms with E-state index in [2.05, 4.69) is 31.6 Å². The second kappa shape index (κ2) is 5.49. The number of nitrogens with one attached hydrogen (secondary N) is 1. The molecule has 0 bridgehead atoms. The highest BCUT2D eigenvalue weighted by molar-refractivity contribution is 9.10. The fourth-order valence-electron chi connectivity index (χ4n) is 1.93. The van der Waals surface area contributed by atoms with Crippen LogP contribution in [-0.2, 0) is 7.05 Å². The zero-order valence-electron chi connectivity index (χ0n) is 10.5. The first-order chi connectivity index (χ1) is 8.67. The summed E-state index contributed by atoms with van der Waals surface area (Å²) in [6.45, 7) is 0. The minimum absolute atomic E-state index is 0.00877. The zero-order valence-corrected chi connectivity index (χ0v) is 12.1. The van der Waals surface area contributed by atoms with E-state index >= 15 is 0 Å². The molecular weight excluding hydrogens is 296 g/mol. The largest absolute Gasteiger partial charge is 0.497 e. The van der Waals surface area contributed by atoms with Crippen molar-refractivity contribution in [2.75, 3.05) is 14.2 Å². The minimum Gasteiger partial charge on any atom is -0.497 e. The lowest BCUT2D eigenvalue weighted by Crippen LogP contribution is -2.21. The van der Waals surface area contributed by atoms with Gasteiger partial charge in [-0.15, -0.1) is 5.10 Å². The van der Waals surface area contributed by atoms with Crippen LogP contribution in [0.4, 0.5) is 0 Å². The van der Waals surface area contributed by atoms with Crippen molar-refractivity contribution in [3.63, 3.8) is 0 Å². The highest BCUT2D eigenvalue weighted by atomic mass is 79.9. The van der Waals surface area contributed by atoms with E-state index in [0.29, 0.717) is 0 Å². The number of hydrogen-bond acceptors (Lipinski definition) is 4. The van der Waals surface area contributed by atoms with Crippen LogP contribution in [0.5, 0.6) is 5.75 Å². The third kappa shape index (κ3) is 2.39. The average Bonchev–Trinajstić information content (AvgIpc) is 2.72. The summed E-state index contributed by atoms with van der Waals surface area (Å²) in [4.78, 5) is 0. The second-order valence-electron chi connectivity index (χ2n) is 3.89. The van der Waals surface area contributed by atoms with E-state index in [0.717, 1.165) is 21.6 Å². The third-order valence-corrected chi connectivity index (χ3v) is 3.38. The van der Waals surface area contributed by atoms with Gasteiger partial charge in [-0.3, -0.25) is 0 Å². The van der Waals surface area contributed by atoms with Gasteiger partial charge in [0.15, 0.2) is 4.60 Å². The fraction of sp³-hybridized carbons (Fsp3) is 0.333. The molecule has 0 saturated carbocycles. The summed E-state index contributed by atoms with van der Waals surface area (Å²) in [6.07, 6.45) is 0. The van der Waals surface area contributed by atoms with Crippen LogP contribution in [-0.4, -0.2) is 29.2 Å². The molecule has 18 heavy (non-hydrogen) atoms. The molecule has 0 aliphatic heterocycles. The Hall–Kier alpha value is -1.40. The molecule has 1 aromatic heterocycles. The van der Waals surface area contributed by atoms with Crippen LogP contribution in [0.2, 0.25) is 0 Å². The predicted molar refractivity (Wildman–Crippen MR) is 72.6 cm³/mol. The number of benzene rings is 1. The first-order valence-electron chi connectivity index (χ1n) is 5.53. The van der Waals surface area contributed by atoms with E-state index in [9.17, 15) is 0 Å². The Morgan fingerprint density at radius 1 is 1.44 bits per heavy atom. The van der Waals surface area contributed by atoms with Crippen LogP contribution in [0.15, 0.2) is 28.9 Å². The van der Waals surface area contributed by atoms with E-state index in [-0.39, 0.29) is 6.04 Å². The van der Waals surface area contributed by atoms with Gasteiger partial charge in [0.2, 0.25) is 0 Å². The number of halogens is 1. The van der Waals surface area contributed by atoms with Crippen molar-refractivity contribution in [3.05, 3.63) is 40.1 Å². The highest BCUT2D eigenvalue weighted by Crippen LogP contribution is 2.28. The molecule has 6 heteroatoms. The molecule has 1 unspecified atom stereocenters. The zero-order chi connectivity index (χ0) is 13.1. The van der Waals surface area contributed by atoms with Crippen molar-refractivity contribution >= 4 is 15.9 Å². The molecule has 0 amide bonds. The number of nitrogens with zero attached hydrogens (tertiary/aromatic N) is 3. The maximum atomic E-state index is 5.25. The van der Waals surface area contributed by atoms with Crippen LogP contribution >= 0.6 is 15.9 Å². The lowest BCUT2D eigenvalue weighted by Gasteiger charge is -2.17. The molecule has 96 valence electrons. The topological polar surface area (TPSA) is 52.0 Å². The fourth-order valence-corrected chi connectivity index (χ4v) is 2.48. The van der Waals surface area contributed by atoms with Crippen LogP contribution in [0.1, 0.15) is 17.3 Å². The quantitative estimate of drug-likeness (QED) is 0.937. The van der Waals surface area contributed by atoms with E-state index in [1.165, 1.54) is 0 Å². The molecule has 1 aromatic carbocycles. The Morgan fingerprint density at radius 3 is 2.78 bits per heavy atom. The molecule has 2 aromatic rings. The smallest absolute Gasteiger partial charge is 0.153 e. The summed E-state index contributed by atoms with van der Waals surface area (Å²) < 4.78 is 7.75. The maximum absolute atomic E-state index is 5.25. The SMILES string of the molecule is CNC(c1cccc(OC)c1)c1c(Br)nnn1C. The van der Waals surface area contributed by atoms with Gasteiger partial charge < -0.3 is 10.1 Å². The van der Waals surface area contributed by atoms with Gasteiger partial charge in [-0.2, -0.15) is 0 Å². The minimum atomic E-state index is 0.00877. The van der Waals surface area contributed by atoms with Crippen molar-refractivity contribution < 1.29 is 4.74 Å². The Kier molecular flexibility index (Phi) is 3.98. The van der Waals surface area contributed by atoms with Gasteiger partial charge in [-0.25, -0.2) is 4.68 Å². The number of ether oxygens (including phenoxy) is 1. The molecule has 0 radical (unpaired) electrons. The number of methoxy groups -OCH3 is 1. The van der Waals surface area contributed by atoms with Crippen molar-refractivity contribution in [2.45, 2.75) is 6.04 Å². The third-order valence-electron chi connectivity index (χ3n) is 2.82. The summed E-state index contributed by atoms with van der Waals surface area (Å²) >= 11 is 3.43. The summed E-state index contributed by atoms with van der Waals surface area (Å²) in [6, 6.07) is 7.95. The van der Waals surface area contributed by atoms with Crippen molar-refractivity contribution in [1.82, 2.24) is 20.3 Å². The van der Waals surface area contributed by atoms with Crippen molar-refractivity contribution in [3.8, 4) is 5.75 Å². The molecule has 1 heterocycles. The Morgan fingerprint density at radius 2 is 2.22 bits per heavy atom. The van der Waals surface area contributed by atoms with E-state index in [1.807, 2.05) is 38.4 Å². The number of aromatic nitrogens is 3. The van der Waals surface area contributed by atoms with Gasteiger partial charge in [-0.05, 0) is 40.7 Å². The van der Waals surface area contributed by atoms with Gasteiger partial charge in [0, 0.05) is 7.05 Å². The molecular formula is C12H15BrN4O. The van der Waals surface area contributed by atoms with Gasteiger partial charge in [0.25, 0.3) is 0 Å². The van der Waals surface area contributed by atoms with Gasteiger partial charge >= 0.3 is 0 Å². The lowest BCUT2D eigenvalue weighted by molar-refractivity contribution is 0.413. The lowest BCUT2D eigenvalue weighted by atomic mass is 10.0. The molecule has 1 N–H and O–H groups in total. The summed E-state index contributed by atoms with van der Waals surface area (Å²) in [5.41, 5.74) is 2.08. The Bertz CT molecular complexity index is 521. The standard InChI is InChI=1S/C12H15BrN4O/c1-14-10(11-12(13)15-16-17(11)2)8-5-4-6-9(7-8)18-3/h4-7,10,14H,1-3H3. The van der Waals surface area contributed by atoms with E-state index < -0.39 is 0 Å². The predicted octanol–water partition coefficient (Wildman–Crippen LogP) is 1.89. The molecule has 2 rings (SSSR count). The van der Waals surface area contributed by atoms with Crippen LogP contribution in [0.25, 0.3) is 0 Å². The Balaban J connectivity index is 2.45. The molecule has 0 saturated heterocycles. The molecule has 5 nitrogen and oxygen atoms in total. The van der Waals surface area contributed by atoms with Crippen LogP contribution in [0.3, 0.4) is 0 Å². The molecule has 0 aliphatic rings.